The fourth-order valence-corrected chi connectivity index (χ4v) is 2.13. The molecule has 94 valence electrons. The molecule has 0 saturated carbocycles. The van der Waals surface area contributed by atoms with Crippen LogP contribution in [-0.2, 0) is 0 Å². The molecule has 0 atom stereocenters. The predicted molar refractivity (Wildman–Crippen MR) is 69.9 cm³/mol. The molecule has 2 rings (SSSR count). The van der Waals surface area contributed by atoms with Gasteiger partial charge in [-0.15, -0.1) is 16.5 Å². The zero-order chi connectivity index (χ0) is 13.1. The van der Waals surface area contributed by atoms with Gasteiger partial charge in [-0.1, -0.05) is 0 Å². The molecule has 0 radical (unpaired) electrons. The minimum atomic E-state index is -0.435. The van der Waals surface area contributed by atoms with Gasteiger partial charge in [0.05, 0.1) is 5.75 Å². The first kappa shape index (κ1) is 12.5. The monoisotopic (exact) mass is 264 g/mol. The summed E-state index contributed by atoms with van der Waals surface area (Å²) in [5, 5.41) is 0. The first-order chi connectivity index (χ1) is 8.56. The van der Waals surface area contributed by atoms with Crippen molar-refractivity contribution in [3.8, 4) is 0 Å². The Balaban J connectivity index is 2.02. The third-order valence-electron chi connectivity index (χ3n) is 2.23. The van der Waals surface area contributed by atoms with Gasteiger partial charge < -0.3 is 10.3 Å². The summed E-state index contributed by atoms with van der Waals surface area (Å²) < 4.78 is 5.78. The van der Waals surface area contributed by atoms with Gasteiger partial charge in [0.25, 0.3) is 11.5 Å². The van der Waals surface area contributed by atoms with E-state index in [1.807, 2.05) is 12.1 Å². The van der Waals surface area contributed by atoms with E-state index < -0.39 is 5.56 Å². The van der Waals surface area contributed by atoms with E-state index in [0.717, 1.165) is 9.64 Å². The summed E-state index contributed by atoms with van der Waals surface area (Å²) in [5.41, 5.74) is 5.79. The van der Waals surface area contributed by atoms with E-state index in [4.69, 9.17) is 10.3 Å². The summed E-state index contributed by atoms with van der Waals surface area (Å²) in [6, 6.07) is 8.45. The molecule has 6 heteroatoms. The van der Waals surface area contributed by atoms with Crippen molar-refractivity contribution in [2.45, 2.75) is 11.8 Å². The van der Waals surface area contributed by atoms with Crippen molar-refractivity contribution in [3.05, 3.63) is 46.4 Å². The second kappa shape index (κ2) is 5.14. The van der Waals surface area contributed by atoms with Gasteiger partial charge in [-0.2, -0.15) is 0 Å². The SMILES string of the molecule is Cc1cc(=O)n(C(=O)CSc2ccc(N)cc2)o1. The minimum absolute atomic E-state index is 0.136. The molecule has 5 nitrogen and oxygen atoms in total. The predicted octanol–water partition coefficient (Wildman–Crippen LogP) is 1.76. The second-order valence-electron chi connectivity index (χ2n) is 3.73. The normalized spacial score (nSPS) is 10.5. The van der Waals surface area contributed by atoms with E-state index in [0.29, 0.717) is 11.4 Å². The summed E-state index contributed by atoms with van der Waals surface area (Å²) >= 11 is 1.33. The Morgan fingerprint density at radius 1 is 1.39 bits per heavy atom. The average molecular weight is 264 g/mol. The van der Waals surface area contributed by atoms with E-state index in [9.17, 15) is 9.59 Å². The maximum absolute atomic E-state index is 11.7. The third-order valence-corrected chi connectivity index (χ3v) is 3.23. The quantitative estimate of drug-likeness (QED) is 0.675. The summed E-state index contributed by atoms with van der Waals surface area (Å²) in [6.45, 7) is 1.62. The summed E-state index contributed by atoms with van der Waals surface area (Å²) in [4.78, 5) is 24.0. The maximum Gasteiger partial charge on any atom is 0.290 e. The number of hydrogen-bond donors (Lipinski definition) is 1. The summed E-state index contributed by atoms with van der Waals surface area (Å²) in [6.07, 6.45) is 0. The van der Waals surface area contributed by atoms with E-state index in [-0.39, 0.29) is 11.7 Å². The number of carbonyl (C=O) groups is 1. The Morgan fingerprint density at radius 2 is 2.06 bits per heavy atom. The number of benzene rings is 1. The fraction of sp³-hybridized carbons (Fsp3) is 0.167. The van der Waals surface area contributed by atoms with Gasteiger partial charge >= 0.3 is 0 Å². The van der Waals surface area contributed by atoms with Gasteiger partial charge in [0, 0.05) is 16.6 Å². The van der Waals surface area contributed by atoms with E-state index in [2.05, 4.69) is 0 Å². The number of aromatic nitrogens is 1. The third kappa shape index (κ3) is 2.84. The minimum Gasteiger partial charge on any atom is -0.399 e. The Morgan fingerprint density at radius 3 is 2.61 bits per heavy atom. The largest absolute Gasteiger partial charge is 0.399 e. The number of nitrogens with two attached hydrogens (primary N) is 1. The molecule has 0 aliphatic carbocycles. The Kier molecular flexibility index (Phi) is 3.57. The lowest BCUT2D eigenvalue weighted by Crippen LogP contribution is -2.23. The molecule has 1 aromatic heterocycles. The van der Waals surface area contributed by atoms with Gasteiger partial charge in [0.1, 0.15) is 5.76 Å². The van der Waals surface area contributed by atoms with Gasteiger partial charge in [0.15, 0.2) is 0 Å². The van der Waals surface area contributed by atoms with Gasteiger partial charge in [-0.25, -0.2) is 0 Å². The molecule has 2 N–H and O–H groups in total. The molecule has 18 heavy (non-hydrogen) atoms. The lowest BCUT2D eigenvalue weighted by molar-refractivity contribution is 0.0813. The fourth-order valence-electron chi connectivity index (χ4n) is 1.39. The number of carbonyl (C=O) groups excluding carboxylic acids is 1. The molecule has 0 unspecified atom stereocenters. The molecule has 2 aromatic rings. The van der Waals surface area contributed by atoms with Crippen molar-refractivity contribution in [2.75, 3.05) is 11.5 Å². The lowest BCUT2D eigenvalue weighted by atomic mass is 10.3. The highest BCUT2D eigenvalue weighted by molar-refractivity contribution is 8.00. The Hall–Kier alpha value is -1.95. The van der Waals surface area contributed by atoms with Crippen LogP contribution in [0.1, 0.15) is 10.6 Å². The molecule has 0 bridgehead atoms. The van der Waals surface area contributed by atoms with Crippen molar-refractivity contribution in [1.82, 2.24) is 4.74 Å². The molecule has 0 saturated heterocycles. The van der Waals surface area contributed by atoms with Crippen LogP contribution in [0.2, 0.25) is 0 Å². The molecular weight excluding hydrogens is 252 g/mol. The van der Waals surface area contributed by atoms with Gasteiger partial charge in [-0.3, -0.25) is 9.59 Å². The van der Waals surface area contributed by atoms with E-state index in [1.165, 1.54) is 17.8 Å². The highest BCUT2D eigenvalue weighted by Gasteiger charge is 2.12. The van der Waals surface area contributed by atoms with Crippen molar-refractivity contribution in [3.63, 3.8) is 0 Å². The Bertz CT molecular complexity index is 613. The zero-order valence-electron chi connectivity index (χ0n) is 9.75. The number of thioether (sulfide) groups is 1. The van der Waals surface area contributed by atoms with Crippen LogP contribution in [0.25, 0.3) is 0 Å². The standard InChI is InChI=1S/C12H12N2O3S/c1-8-6-11(15)14(17-8)12(16)7-18-10-4-2-9(13)3-5-10/h2-6H,7,13H2,1H3. The zero-order valence-corrected chi connectivity index (χ0v) is 10.6. The molecule has 0 fully saturated rings. The van der Waals surface area contributed by atoms with E-state index in [1.54, 1.807) is 19.1 Å². The van der Waals surface area contributed by atoms with Crippen molar-refractivity contribution < 1.29 is 9.32 Å². The smallest absolute Gasteiger partial charge is 0.290 e. The number of nitrogen functional groups attached to an aromatic ring is 1. The van der Waals surface area contributed by atoms with Crippen molar-refractivity contribution >= 4 is 23.4 Å². The first-order valence-electron chi connectivity index (χ1n) is 5.28. The first-order valence-corrected chi connectivity index (χ1v) is 6.26. The number of nitrogens with zero attached hydrogens (tertiary/aromatic N) is 1. The molecular formula is C12H12N2O3S. The highest BCUT2D eigenvalue weighted by atomic mass is 32.2. The average Bonchev–Trinajstić information content (AvgIpc) is 2.67. The van der Waals surface area contributed by atoms with Crippen LogP contribution in [-0.4, -0.2) is 16.4 Å². The molecule has 1 heterocycles. The Labute approximate surface area is 108 Å². The molecule has 0 amide bonds. The molecule has 1 aromatic carbocycles. The van der Waals surface area contributed by atoms with Crippen molar-refractivity contribution in [1.29, 1.82) is 0 Å². The molecule has 0 aliphatic heterocycles. The maximum atomic E-state index is 11.7. The van der Waals surface area contributed by atoms with Crippen LogP contribution in [0.3, 0.4) is 0 Å². The van der Waals surface area contributed by atoms with Crippen LogP contribution in [0.5, 0.6) is 0 Å². The van der Waals surface area contributed by atoms with Gasteiger partial charge in [-0.05, 0) is 31.2 Å². The number of anilines is 1. The number of rotatable bonds is 3. The summed E-state index contributed by atoms with van der Waals surface area (Å²) in [5.74, 6) is 0.178. The molecule has 0 spiro atoms. The second-order valence-corrected chi connectivity index (χ2v) is 4.78. The van der Waals surface area contributed by atoms with Crippen LogP contribution < -0.4 is 11.3 Å². The topological polar surface area (TPSA) is 78.2 Å². The highest BCUT2D eigenvalue weighted by Crippen LogP contribution is 2.19. The molecule has 0 aliphatic rings. The lowest BCUT2D eigenvalue weighted by Gasteiger charge is -2.01. The number of aryl methyl sites for hydroxylation is 1. The van der Waals surface area contributed by atoms with Crippen molar-refractivity contribution in [2.24, 2.45) is 0 Å². The van der Waals surface area contributed by atoms with Crippen LogP contribution in [0, 0.1) is 6.92 Å². The summed E-state index contributed by atoms with van der Waals surface area (Å²) in [7, 11) is 0. The van der Waals surface area contributed by atoms with Gasteiger partial charge in [0.2, 0.25) is 0 Å². The van der Waals surface area contributed by atoms with Crippen LogP contribution in [0.15, 0.2) is 44.5 Å². The number of hydrogen-bond acceptors (Lipinski definition) is 5. The van der Waals surface area contributed by atoms with Crippen LogP contribution >= 0.6 is 11.8 Å². The van der Waals surface area contributed by atoms with E-state index >= 15 is 0 Å². The van der Waals surface area contributed by atoms with Crippen LogP contribution in [0.4, 0.5) is 5.69 Å².